The monoisotopic (exact) mass is 296 g/mol. The highest BCUT2D eigenvalue weighted by Gasteiger charge is 2.25. The zero-order valence-corrected chi connectivity index (χ0v) is 13.7. The third kappa shape index (κ3) is 3.30. The van der Waals surface area contributed by atoms with Gasteiger partial charge in [0.05, 0.1) is 15.6 Å². The van der Waals surface area contributed by atoms with Crippen LogP contribution in [0.15, 0.2) is 0 Å². The van der Waals surface area contributed by atoms with E-state index in [9.17, 15) is 0 Å². The molecule has 0 fully saturated rings. The Hall–Kier alpha value is -1.01. The number of anilines is 1. The second kappa shape index (κ2) is 5.54. The largest absolute Gasteiger partial charge is 0.360 e. The van der Waals surface area contributed by atoms with E-state index in [1.54, 1.807) is 22.7 Å². The second-order valence-corrected chi connectivity index (χ2v) is 7.68. The number of nitrogens with zero attached hydrogens (tertiary/aromatic N) is 3. The van der Waals surface area contributed by atoms with Gasteiger partial charge in [0.2, 0.25) is 5.13 Å². The maximum atomic E-state index is 4.67. The van der Waals surface area contributed by atoms with Crippen LogP contribution < -0.4 is 5.32 Å². The van der Waals surface area contributed by atoms with Gasteiger partial charge in [0, 0.05) is 12.0 Å². The van der Waals surface area contributed by atoms with Gasteiger partial charge in [-0.2, -0.15) is 0 Å². The van der Waals surface area contributed by atoms with E-state index in [4.69, 9.17) is 0 Å². The topological polar surface area (TPSA) is 50.7 Å². The van der Waals surface area contributed by atoms with Gasteiger partial charge in [0.1, 0.15) is 0 Å². The Bertz CT molecular complexity index is 551. The summed E-state index contributed by atoms with van der Waals surface area (Å²) in [6.45, 7) is 11.7. The van der Waals surface area contributed by atoms with Crippen LogP contribution in [-0.2, 0) is 5.41 Å². The zero-order valence-electron chi connectivity index (χ0n) is 12.1. The summed E-state index contributed by atoms with van der Waals surface area (Å²) in [6.07, 6.45) is 1.09. The molecule has 0 atom stereocenters. The lowest BCUT2D eigenvalue weighted by Crippen LogP contribution is -2.12. The van der Waals surface area contributed by atoms with E-state index >= 15 is 0 Å². The SMILES string of the molecule is CCCNc1nnc(-c2sc(C)nc2C(C)(C)C)s1. The molecule has 104 valence electrons. The smallest absolute Gasteiger partial charge is 0.206 e. The number of hydrogen-bond donors (Lipinski definition) is 1. The van der Waals surface area contributed by atoms with Crippen LogP contribution in [0.2, 0.25) is 0 Å². The fraction of sp³-hybridized carbons (Fsp3) is 0.615. The predicted octanol–water partition coefficient (Wildman–Crippen LogP) is 4.09. The molecule has 0 saturated carbocycles. The summed E-state index contributed by atoms with van der Waals surface area (Å²) in [5.74, 6) is 0. The average Bonchev–Trinajstić information content (AvgIpc) is 2.91. The first-order valence-corrected chi connectivity index (χ1v) is 8.10. The van der Waals surface area contributed by atoms with E-state index in [0.717, 1.165) is 38.7 Å². The van der Waals surface area contributed by atoms with Crippen molar-refractivity contribution in [2.24, 2.45) is 0 Å². The lowest BCUT2D eigenvalue weighted by molar-refractivity contribution is 0.573. The van der Waals surface area contributed by atoms with Gasteiger partial charge < -0.3 is 5.32 Å². The minimum absolute atomic E-state index is 0.0305. The predicted molar refractivity (Wildman–Crippen MR) is 83.2 cm³/mol. The normalized spacial score (nSPS) is 11.8. The van der Waals surface area contributed by atoms with Gasteiger partial charge in [-0.15, -0.1) is 21.5 Å². The summed E-state index contributed by atoms with van der Waals surface area (Å²) >= 11 is 3.31. The van der Waals surface area contributed by atoms with Crippen molar-refractivity contribution in [1.82, 2.24) is 15.2 Å². The first-order valence-electron chi connectivity index (χ1n) is 6.47. The van der Waals surface area contributed by atoms with Gasteiger partial charge in [0.15, 0.2) is 5.01 Å². The lowest BCUT2D eigenvalue weighted by atomic mass is 9.91. The molecule has 0 aliphatic rings. The molecular formula is C13H20N4S2. The second-order valence-electron chi connectivity index (χ2n) is 5.50. The summed E-state index contributed by atoms with van der Waals surface area (Å²) in [5.41, 5.74) is 1.15. The van der Waals surface area contributed by atoms with E-state index in [1.165, 1.54) is 0 Å². The van der Waals surface area contributed by atoms with Crippen molar-refractivity contribution in [3.63, 3.8) is 0 Å². The molecule has 0 radical (unpaired) electrons. The fourth-order valence-electron chi connectivity index (χ4n) is 1.70. The molecule has 0 aromatic carbocycles. The molecule has 1 N–H and O–H groups in total. The molecule has 0 saturated heterocycles. The van der Waals surface area contributed by atoms with Crippen LogP contribution in [0, 0.1) is 6.92 Å². The lowest BCUT2D eigenvalue weighted by Gasteiger charge is -2.16. The van der Waals surface area contributed by atoms with Gasteiger partial charge in [-0.1, -0.05) is 39.0 Å². The number of hydrogen-bond acceptors (Lipinski definition) is 6. The number of aromatic nitrogens is 3. The summed E-state index contributed by atoms with van der Waals surface area (Å²) in [6, 6.07) is 0. The molecule has 2 heterocycles. The van der Waals surface area contributed by atoms with Crippen molar-refractivity contribution in [1.29, 1.82) is 0 Å². The molecule has 0 bridgehead atoms. The van der Waals surface area contributed by atoms with Crippen molar-refractivity contribution in [2.45, 2.75) is 46.5 Å². The molecule has 2 rings (SSSR count). The van der Waals surface area contributed by atoms with Gasteiger partial charge in [0.25, 0.3) is 0 Å². The average molecular weight is 296 g/mol. The Kier molecular flexibility index (Phi) is 4.20. The molecule has 0 unspecified atom stereocenters. The number of rotatable bonds is 4. The first-order chi connectivity index (χ1) is 8.91. The van der Waals surface area contributed by atoms with Gasteiger partial charge >= 0.3 is 0 Å². The third-order valence-electron chi connectivity index (χ3n) is 2.59. The molecule has 2 aromatic rings. The van der Waals surface area contributed by atoms with Gasteiger partial charge in [-0.3, -0.25) is 0 Å². The number of nitrogens with one attached hydrogen (secondary N) is 1. The maximum Gasteiger partial charge on any atom is 0.206 e. The molecular weight excluding hydrogens is 276 g/mol. The molecule has 4 nitrogen and oxygen atoms in total. The molecule has 0 aliphatic heterocycles. The first kappa shape index (κ1) is 14.4. The molecule has 0 amide bonds. The summed E-state index contributed by atoms with van der Waals surface area (Å²) in [5, 5.41) is 14.7. The van der Waals surface area contributed by atoms with Gasteiger partial charge in [-0.05, 0) is 13.3 Å². The minimum atomic E-state index is 0.0305. The molecule has 0 spiro atoms. The van der Waals surface area contributed by atoms with E-state index in [0.29, 0.717) is 0 Å². The quantitative estimate of drug-likeness (QED) is 0.923. The Morgan fingerprint density at radius 2 is 1.89 bits per heavy atom. The standard InChI is InChI=1S/C13H20N4S2/c1-6-7-14-12-17-16-11(19-12)9-10(13(3,4)5)15-8(2)18-9/h6-7H2,1-5H3,(H,14,17). The summed E-state index contributed by atoms with van der Waals surface area (Å²) in [7, 11) is 0. The highest BCUT2D eigenvalue weighted by Crippen LogP contribution is 2.38. The Labute approximate surface area is 122 Å². The van der Waals surface area contributed by atoms with E-state index < -0.39 is 0 Å². The third-order valence-corrected chi connectivity index (χ3v) is 4.60. The molecule has 0 aliphatic carbocycles. The summed E-state index contributed by atoms with van der Waals surface area (Å²) < 4.78 is 0. The number of aryl methyl sites for hydroxylation is 1. The maximum absolute atomic E-state index is 4.67. The highest BCUT2D eigenvalue weighted by atomic mass is 32.1. The van der Waals surface area contributed by atoms with Crippen LogP contribution >= 0.6 is 22.7 Å². The summed E-state index contributed by atoms with van der Waals surface area (Å²) in [4.78, 5) is 5.83. The van der Waals surface area contributed by atoms with Crippen LogP contribution in [0.5, 0.6) is 0 Å². The van der Waals surface area contributed by atoms with Crippen LogP contribution in [0.25, 0.3) is 9.88 Å². The Morgan fingerprint density at radius 1 is 1.16 bits per heavy atom. The van der Waals surface area contributed by atoms with E-state index in [2.05, 4.69) is 48.2 Å². The van der Waals surface area contributed by atoms with E-state index in [-0.39, 0.29) is 5.41 Å². The van der Waals surface area contributed by atoms with Crippen molar-refractivity contribution in [2.75, 3.05) is 11.9 Å². The van der Waals surface area contributed by atoms with Crippen molar-refractivity contribution >= 4 is 27.8 Å². The van der Waals surface area contributed by atoms with E-state index in [1.807, 2.05) is 6.92 Å². The highest BCUT2D eigenvalue weighted by molar-refractivity contribution is 7.23. The van der Waals surface area contributed by atoms with Crippen LogP contribution in [0.4, 0.5) is 5.13 Å². The van der Waals surface area contributed by atoms with Crippen molar-refractivity contribution < 1.29 is 0 Å². The molecule has 2 aromatic heterocycles. The van der Waals surface area contributed by atoms with Crippen LogP contribution in [-0.4, -0.2) is 21.7 Å². The van der Waals surface area contributed by atoms with Gasteiger partial charge in [-0.25, -0.2) is 4.98 Å². The van der Waals surface area contributed by atoms with Crippen molar-refractivity contribution in [3.05, 3.63) is 10.7 Å². The Balaban J connectivity index is 2.34. The molecule has 6 heteroatoms. The minimum Gasteiger partial charge on any atom is -0.360 e. The Morgan fingerprint density at radius 3 is 2.53 bits per heavy atom. The zero-order chi connectivity index (χ0) is 14.0. The number of thiazole rings is 1. The van der Waals surface area contributed by atoms with Crippen molar-refractivity contribution in [3.8, 4) is 9.88 Å². The van der Waals surface area contributed by atoms with Crippen LogP contribution in [0.3, 0.4) is 0 Å². The fourth-order valence-corrected chi connectivity index (χ4v) is 3.67. The van der Waals surface area contributed by atoms with Crippen LogP contribution in [0.1, 0.15) is 44.8 Å². The molecule has 19 heavy (non-hydrogen) atoms.